The number of ether oxygens (including phenoxy) is 7. The zero-order valence-corrected chi connectivity index (χ0v) is 24.2. The van der Waals surface area contributed by atoms with Crippen LogP contribution in [-0.4, -0.2) is 62.3 Å². The molecule has 0 aliphatic carbocycles. The van der Waals surface area contributed by atoms with E-state index in [0.29, 0.717) is 11.3 Å². The molecule has 0 N–H and O–H groups in total. The normalized spacial score (nSPS) is 24.0. The minimum Gasteiger partial charge on any atom is -0.497 e. The number of carbonyl (C=O) groups excluding carboxylic acids is 3. The molecule has 10 nitrogen and oxygen atoms in total. The summed E-state index contributed by atoms with van der Waals surface area (Å²) in [5.41, 5.74) is 1.44. The van der Waals surface area contributed by atoms with Gasteiger partial charge in [0.25, 0.3) is 0 Å². The number of methoxy groups -OCH3 is 1. The number of rotatable bonds is 8. The van der Waals surface area contributed by atoms with Crippen LogP contribution in [0.2, 0.25) is 0 Å². The van der Waals surface area contributed by atoms with E-state index < -0.39 is 54.9 Å². The third-order valence-corrected chi connectivity index (χ3v) is 7.41. The summed E-state index contributed by atoms with van der Waals surface area (Å²) in [5.74, 6) is -1.49. The Labute approximate surface area is 259 Å². The third-order valence-electron chi connectivity index (χ3n) is 7.41. The maximum Gasteiger partial charge on any atom is 0.340 e. The van der Waals surface area contributed by atoms with Crippen molar-refractivity contribution in [1.29, 1.82) is 0 Å². The topological polar surface area (TPSA) is 116 Å². The largest absolute Gasteiger partial charge is 0.497 e. The van der Waals surface area contributed by atoms with Crippen LogP contribution in [0.15, 0.2) is 115 Å². The van der Waals surface area contributed by atoms with E-state index in [1.807, 2.05) is 0 Å². The predicted molar refractivity (Wildman–Crippen MR) is 158 cm³/mol. The highest BCUT2D eigenvalue weighted by molar-refractivity contribution is 5.91. The number of fused-ring (bicyclic) bond motifs is 1. The fourth-order valence-corrected chi connectivity index (χ4v) is 5.11. The summed E-state index contributed by atoms with van der Waals surface area (Å²) in [6.07, 6.45) is -6.83. The zero-order valence-electron chi connectivity index (χ0n) is 24.2. The van der Waals surface area contributed by atoms with Crippen molar-refractivity contribution >= 4 is 17.9 Å². The predicted octanol–water partition coefficient (Wildman–Crippen LogP) is 5.14. The van der Waals surface area contributed by atoms with Crippen LogP contribution in [0.5, 0.6) is 5.75 Å². The maximum absolute atomic E-state index is 13.4. The van der Waals surface area contributed by atoms with Crippen molar-refractivity contribution in [2.45, 2.75) is 37.0 Å². The molecular formula is C35H30O10. The first-order valence-corrected chi connectivity index (χ1v) is 14.3. The SMILES string of the molecule is COc1ccc(C2OC[C@H]3O[C@H](OC(=O)c4ccccc4)[C@@H](OC(=O)c4ccccc4)[C@@H](OC(=O)c4ccccc4)[C@@H]3O2)cc1. The molecule has 10 heteroatoms. The highest BCUT2D eigenvalue weighted by Gasteiger charge is 2.55. The van der Waals surface area contributed by atoms with Gasteiger partial charge in [0.15, 0.2) is 12.4 Å². The molecule has 4 aromatic rings. The molecule has 45 heavy (non-hydrogen) atoms. The molecule has 230 valence electrons. The number of benzene rings is 4. The summed E-state index contributed by atoms with van der Waals surface area (Å²) in [6.45, 7) is -0.000507. The van der Waals surface area contributed by atoms with E-state index in [1.165, 1.54) is 0 Å². The lowest BCUT2D eigenvalue weighted by Gasteiger charge is -2.47. The first-order valence-electron chi connectivity index (χ1n) is 14.3. The van der Waals surface area contributed by atoms with E-state index in [2.05, 4.69) is 0 Å². The van der Waals surface area contributed by atoms with Gasteiger partial charge in [0.05, 0.1) is 30.4 Å². The van der Waals surface area contributed by atoms with E-state index in [1.54, 1.807) is 122 Å². The van der Waals surface area contributed by atoms with Crippen molar-refractivity contribution in [2.24, 2.45) is 0 Å². The van der Waals surface area contributed by atoms with Gasteiger partial charge in [-0.25, -0.2) is 14.4 Å². The van der Waals surface area contributed by atoms with Gasteiger partial charge in [0.2, 0.25) is 12.4 Å². The van der Waals surface area contributed by atoms with E-state index in [-0.39, 0.29) is 23.3 Å². The molecule has 1 unspecified atom stereocenters. The molecule has 2 aliphatic rings. The molecular weight excluding hydrogens is 580 g/mol. The van der Waals surface area contributed by atoms with Crippen molar-refractivity contribution in [2.75, 3.05) is 13.7 Å². The molecule has 6 atom stereocenters. The van der Waals surface area contributed by atoms with Crippen LogP contribution in [0.1, 0.15) is 42.9 Å². The molecule has 2 aliphatic heterocycles. The van der Waals surface area contributed by atoms with Gasteiger partial charge < -0.3 is 33.2 Å². The Kier molecular flexibility index (Phi) is 9.16. The summed E-state index contributed by atoms with van der Waals surface area (Å²) in [4.78, 5) is 40.0. The van der Waals surface area contributed by atoms with Crippen LogP contribution in [0.3, 0.4) is 0 Å². The molecule has 0 amide bonds. The lowest BCUT2D eigenvalue weighted by molar-refractivity contribution is -0.351. The Morgan fingerprint density at radius 3 is 1.60 bits per heavy atom. The average Bonchev–Trinajstić information content (AvgIpc) is 3.10. The number of esters is 3. The summed E-state index contributed by atoms with van der Waals surface area (Å²) in [7, 11) is 1.57. The second kappa shape index (κ2) is 13.7. The zero-order chi connectivity index (χ0) is 31.2. The van der Waals surface area contributed by atoms with E-state index in [0.717, 1.165) is 0 Å². The minimum absolute atomic E-state index is 0.000507. The van der Waals surface area contributed by atoms with E-state index in [9.17, 15) is 14.4 Å². The second-order valence-corrected chi connectivity index (χ2v) is 10.3. The van der Waals surface area contributed by atoms with Crippen LogP contribution in [0.25, 0.3) is 0 Å². The molecule has 0 saturated carbocycles. The van der Waals surface area contributed by atoms with Crippen LogP contribution in [-0.2, 0) is 28.4 Å². The standard InChI is InChI=1S/C35H30O10/c1-39-26-19-17-25(18-20-26)34-40-21-27-28(44-34)29(42-31(36)22-11-5-2-6-12-22)30(43-32(37)23-13-7-3-8-14-23)35(41-27)45-33(38)24-15-9-4-10-16-24/h2-20,27-30,34-35H,21H2,1H3/t27-,28-,29+,30+,34?,35-/m1/s1. The summed E-state index contributed by atoms with van der Waals surface area (Å²) in [5, 5.41) is 0. The minimum atomic E-state index is -1.47. The van der Waals surface area contributed by atoms with Gasteiger partial charge in [-0.1, -0.05) is 66.7 Å². The van der Waals surface area contributed by atoms with Gasteiger partial charge in [-0.2, -0.15) is 0 Å². The van der Waals surface area contributed by atoms with Gasteiger partial charge in [-0.15, -0.1) is 0 Å². The molecule has 0 spiro atoms. The van der Waals surface area contributed by atoms with Crippen molar-refractivity contribution < 1.29 is 47.5 Å². The Morgan fingerprint density at radius 2 is 1.09 bits per heavy atom. The second-order valence-electron chi connectivity index (χ2n) is 10.3. The molecule has 4 aromatic carbocycles. The lowest BCUT2D eigenvalue weighted by Crippen LogP contribution is -2.64. The number of hydrogen-bond acceptors (Lipinski definition) is 10. The van der Waals surface area contributed by atoms with Crippen molar-refractivity contribution in [1.82, 2.24) is 0 Å². The number of hydrogen-bond donors (Lipinski definition) is 0. The van der Waals surface area contributed by atoms with Gasteiger partial charge in [-0.3, -0.25) is 0 Å². The molecule has 6 rings (SSSR count). The molecule has 2 heterocycles. The third kappa shape index (κ3) is 6.88. The van der Waals surface area contributed by atoms with Crippen molar-refractivity contribution in [3.8, 4) is 5.75 Å². The summed E-state index contributed by atoms with van der Waals surface area (Å²) >= 11 is 0. The van der Waals surface area contributed by atoms with Crippen LogP contribution >= 0.6 is 0 Å². The fourth-order valence-electron chi connectivity index (χ4n) is 5.11. The lowest BCUT2D eigenvalue weighted by atomic mass is 9.96. The first-order chi connectivity index (χ1) is 22.0. The van der Waals surface area contributed by atoms with Crippen LogP contribution in [0.4, 0.5) is 0 Å². The quantitative estimate of drug-likeness (QED) is 0.196. The molecule has 0 radical (unpaired) electrons. The summed E-state index contributed by atoms with van der Waals surface area (Å²) in [6, 6.07) is 32.1. The van der Waals surface area contributed by atoms with Gasteiger partial charge in [0, 0.05) is 5.56 Å². The maximum atomic E-state index is 13.4. The highest BCUT2D eigenvalue weighted by Crippen LogP contribution is 2.38. The smallest absolute Gasteiger partial charge is 0.340 e. The van der Waals surface area contributed by atoms with Crippen molar-refractivity contribution in [3.63, 3.8) is 0 Å². The van der Waals surface area contributed by atoms with Crippen molar-refractivity contribution in [3.05, 3.63) is 138 Å². The Morgan fingerprint density at radius 1 is 0.600 bits per heavy atom. The Balaban J connectivity index is 1.35. The van der Waals surface area contributed by atoms with Gasteiger partial charge >= 0.3 is 17.9 Å². The first kappa shape index (κ1) is 30.0. The van der Waals surface area contributed by atoms with Crippen LogP contribution < -0.4 is 4.74 Å². The molecule has 0 aromatic heterocycles. The monoisotopic (exact) mass is 610 g/mol. The van der Waals surface area contributed by atoms with E-state index in [4.69, 9.17) is 33.2 Å². The number of carbonyl (C=O) groups is 3. The summed E-state index contributed by atoms with van der Waals surface area (Å²) < 4.78 is 41.6. The van der Waals surface area contributed by atoms with Gasteiger partial charge in [-0.05, 0) is 48.5 Å². The van der Waals surface area contributed by atoms with Crippen LogP contribution in [0, 0.1) is 0 Å². The average molecular weight is 611 g/mol. The molecule has 0 bridgehead atoms. The molecule has 2 saturated heterocycles. The molecule has 2 fully saturated rings. The fraction of sp³-hybridized carbons (Fsp3) is 0.229. The van der Waals surface area contributed by atoms with E-state index >= 15 is 0 Å². The van der Waals surface area contributed by atoms with Gasteiger partial charge in [0.1, 0.15) is 18.0 Å². The Hall–Kier alpha value is -5.03. The Bertz CT molecular complexity index is 1590. The highest BCUT2D eigenvalue weighted by atomic mass is 16.8.